The van der Waals surface area contributed by atoms with Crippen LogP contribution in [0.5, 0.6) is 0 Å². The van der Waals surface area contributed by atoms with Gasteiger partial charge in [-0.15, -0.1) is 0 Å². The first-order valence-electron chi connectivity index (χ1n) is 10.9. The molecule has 0 aliphatic carbocycles. The average Bonchev–Trinajstić information content (AvgIpc) is 3.03. The zero-order valence-corrected chi connectivity index (χ0v) is 19.1. The lowest BCUT2D eigenvalue weighted by molar-refractivity contribution is -0.120. The van der Waals surface area contributed by atoms with Gasteiger partial charge in [0, 0.05) is 5.69 Å². The number of rotatable bonds is 5. The van der Waals surface area contributed by atoms with Gasteiger partial charge < -0.3 is 5.32 Å². The molecule has 2 amide bonds. The van der Waals surface area contributed by atoms with E-state index in [1.165, 1.54) is 10.5 Å². The Balaban J connectivity index is 1.80. The van der Waals surface area contributed by atoms with E-state index in [-0.39, 0.29) is 5.70 Å². The standard InChI is InChI=1S/C28H25N3O2/c1-17(2)21-8-10-22(11-9-21)30-26-25(24-14-5-18(3)15-19(24)4)27(32)31(28(26)33)23-12-6-20(16-29)7-13-23/h5-15,17,30H,1-4H3. The molecule has 33 heavy (non-hydrogen) atoms. The fourth-order valence-electron chi connectivity index (χ4n) is 4.00. The number of carbonyl (C=O) groups excluding carboxylic acids is 2. The molecular formula is C28H25N3O2. The van der Waals surface area contributed by atoms with Gasteiger partial charge in [-0.05, 0) is 72.9 Å². The van der Waals surface area contributed by atoms with Crippen molar-refractivity contribution in [1.29, 1.82) is 5.26 Å². The molecule has 3 aromatic carbocycles. The summed E-state index contributed by atoms with van der Waals surface area (Å²) < 4.78 is 0. The van der Waals surface area contributed by atoms with E-state index in [2.05, 4.69) is 25.2 Å². The summed E-state index contributed by atoms with van der Waals surface area (Å²) in [6.07, 6.45) is 0. The minimum absolute atomic E-state index is 0.244. The van der Waals surface area contributed by atoms with Crippen molar-refractivity contribution in [2.75, 3.05) is 10.2 Å². The van der Waals surface area contributed by atoms with Crippen molar-refractivity contribution in [2.24, 2.45) is 0 Å². The van der Waals surface area contributed by atoms with Gasteiger partial charge in [-0.25, -0.2) is 4.90 Å². The van der Waals surface area contributed by atoms with Crippen LogP contribution in [0.1, 0.15) is 47.6 Å². The van der Waals surface area contributed by atoms with Gasteiger partial charge in [-0.3, -0.25) is 9.59 Å². The average molecular weight is 436 g/mol. The number of nitriles is 1. The highest BCUT2D eigenvalue weighted by atomic mass is 16.2. The molecule has 0 saturated carbocycles. The smallest absolute Gasteiger partial charge is 0.282 e. The van der Waals surface area contributed by atoms with E-state index < -0.39 is 11.8 Å². The molecule has 0 unspecified atom stereocenters. The predicted molar refractivity (Wildman–Crippen MR) is 131 cm³/mol. The first-order chi connectivity index (χ1) is 15.8. The van der Waals surface area contributed by atoms with Crippen LogP contribution in [0.25, 0.3) is 5.57 Å². The van der Waals surface area contributed by atoms with E-state index in [9.17, 15) is 9.59 Å². The number of imide groups is 1. The lowest BCUT2D eigenvalue weighted by Crippen LogP contribution is -2.32. The maximum Gasteiger partial charge on any atom is 0.282 e. The number of carbonyl (C=O) groups is 2. The number of benzene rings is 3. The second-order valence-corrected chi connectivity index (χ2v) is 8.57. The monoisotopic (exact) mass is 435 g/mol. The second-order valence-electron chi connectivity index (χ2n) is 8.57. The van der Waals surface area contributed by atoms with Crippen molar-refractivity contribution in [2.45, 2.75) is 33.6 Å². The first kappa shape index (κ1) is 22.0. The third-order valence-corrected chi connectivity index (χ3v) is 5.84. The summed E-state index contributed by atoms with van der Waals surface area (Å²) in [5.41, 5.74) is 6.12. The normalized spacial score (nSPS) is 13.6. The summed E-state index contributed by atoms with van der Waals surface area (Å²) in [6, 6.07) is 22.2. The van der Waals surface area contributed by atoms with Crippen molar-refractivity contribution in [1.82, 2.24) is 0 Å². The Hall–Kier alpha value is -4.17. The van der Waals surface area contributed by atoms with Crippen molar-refractivity contribution in [3.8, 4) is 6.07 Å². The van der Waals surface area contributed by atoms with Crippen LogP contribution >= 0.6 is 0 Å². The summed E-state index contributed by atoms with van der Waals surface area (Å²) in [5, 5.41) is 12.3. The molecule has 0 bridgehead atoms. The molecule has 1 aliphatic heterocycles. The quantitative estimate of drug-likeness (QED) is 0.522. The Morgan fingerprint density at radius 1 is 0.879 bits per heavy atom. The minimum atomic E-state index is -0.424. The van der Waals surface area contributed by atoms with Crippen LogP contribution in [0, 0.1) is 25.2 Å². The van der Waals surface area contributed by atoms with Crippen molar-refractivity contribution in [3.63, 3.8) is 0 Å². The SMILES string of the molecule is Cc1ccc(C2=C(Nc3ccc(C(C)C)cc3)C(=O)N(c3ccc(C#N)cc3)C2=O)c(C)c1. The maximum atomic E-state index is 13.6. The highest BCUT2D eigenvalue weighted by Gasteiger charge is 2.40. The molecular weight excluding hydrogens is 410 g/mol. The van der Waals surface area contributed by atoms with E-state index in [0.29, 0.717) is 22.7 Å². The molecule has 0 radical (unpaired) electrons. The summed E-state index contributed by atoms with van der Waals surface area (Å²) in [7, 11) is 0. The van der Waals surface area contributed by atoms with Crippen LogP contribution < -0.4 is 10.2 Å². The Kier molecular flexibility index (Phi) is 5.85. The molecule has 5 nitrogen and oxygen atoms in total. The fourth-order valence-corrected chi connectivity index (χ4v) is 4.00. The lowest BCUT2D eigenvalue weighted by atomic mass is 9.97. The Morgan fingerprint density at radius 2 is 1.55 bits per heavy atom. The van der Waals surface area contributed by atoms with Gasteiger partial charge in [0.15, 0.2) is 0 Å². The number of hydrogen-bond donors (Lipinski definition) is 1. The second kappa shape index (κ2) is 8.76. The Morgan fingerprint density at radius 3 is 2.12 bits per heavy atom. The van der Waals surface area contributed by atoms with Crippen LogP contribution in [-0.4, -0.2) is 11.8 Å². The van der Waals surface area contributed by atoms with Gasteiger partial charge in [0.1, 0.15) is 5.70 Å². The third kappa shape index (κ3) is 4.16. The van der Waals surface area contributed by atoms with Gasteiger partial charge in [0.25, 0.3) is 11.8 Å². The maximum absolute atomic E-state index is 13.6. The van der Waals surface area contributed by atoms with E-state index in [1.807, 2.05) is 56.3 Å². The van der Waals surface area contributed by atoms with Crippen LogP contribution in [-0.2, 0) is 9.59 Å². The summed E-state index contributed by atoms with van der Waals surface area (Å²) in [5.74, 6) is -0.420. The van der Waals surface area contributed by atoms with E-state index in [0.717, 1.165) is 22.4 Å². The molecule has 0 aromatic heterocycles. The molecule has 4 rings (SSSR count). The molecule has 0 spiro atoms. The van der Waals surface area contributed by atoms with E-state index >= 15 is 0 Å². The summed E-state index contributed by atoms with van der Waals surface area (Å²) in [4.78, 5) is 28.3. The highest BCUT2D eigenvalue weighted by Crippen LogP contribution is 2.35. The van der Waals surface area contributed by atoms with Crippen LogP contribution in [0.15, 0.2) is 72.4 Å². The summed E-state index contributed by atoms with van der Waals surface area (Å²) in [6.45, 7) is 8.17. The predicted octanol–water partition coefficient (Wildman–Crippen LogP) is 5.70. The fraction of sp³-hybridized carbons (Fsp3) is 0.179. The lowest BCUT2D eigenvalue weighted by Gasteiger charge is -2.15. The van der Waals surface area contributed by atoms with E-state index in [4.69, 9.17) is 5.26 Å². The first-order valence-corrected chi connectivity index (χ1v) is 10.9. The molecule has 1 N–H and O–H groups in total. The third-order valence-electron chi connectivity index (χ3n) is 5.84. The van der Waals surface area contributed by atoms with Crippen LogP contribution in [0.3, 0.4) is 0 Å². The minimum Gasteiger partial charge on any atom is -0.350 e. The Labute approximate surface area is 194 Å². The van der Waals surface area contributed by atoms with Gasteiger partial charge in [-0.1, -0.05) is 49.7 Å². The van der Waals surface area contributed by atoms with Crippen LogP contribution in [0.2, 0.25) is 0 Å². The molecule has 0 saturated heterocycles. The molecule has 3 aromatic rings. The molecule has 0 fully saturated rings. The number of nitrogens with zero attached hydrogens (tertiary/aromatic N) is 2. The van der Waals surface area contributed by atoms with Crippen molar-refractivity contribution >= 4 is 28.8 Å². The highest BCUT2D eigenvalue weighted by molar-refractivity contribution is 6.46. The van der Waals surface area contributed by atoms with Gasteiger partial charge in [0.2, 0.25) is 0 Å². The number of anilines is 2. The van der Waals surface area contributed by atoms with Crippen molar-refractivity contribution < 1.29 is 9.59 Å². The molecule has 5 heteroatoms. The van der Waals surface area contributed by atoms with Crippen LogP contribution in [0.4, 0.5) is 11.4 Å². The zero-order valence-electron chi connectivity index (χ0n) is 19.1. The number of amides is 2. The number of nitrogens with one attached hydrogen (secondary N) is 1. The number of aryl methyl sites for hydroxylation is 2. The molecule has 164 valence electrons. The Bertz CT molecular complexity index is 1310. The topological polar surface area (TPSA) is 73.2 Å². The van der Waals surface area contributed by atoms with Crippen molar-refractivity contribution in [3.05, 3.63) is 100 Å². The largest absolute Gasteiger partial charge is 0.350 e. The van der Waals surface area contributed by atoms with Gasteiger partial charge in [-0.2, -0.15) is 5.26 Å². The molecule has 1 aliphatic rings. The molecule has 0 atom stereocenters. The number of hydrogen-bond acceptors (Lipinski definition) is 4. The summed E-state index contributed by atoms with van der Waals surface area (Å²) >= 11 is 0. The zero-order chi connectivity index (χ0) is 23.7. The van der Waals surface area contributed by atoms with Gasteiger partial charge in [0.05, 0.1) is 22.9 Å². The van der Waals surface area contributed by atoms with E-state index in [1.54, 1.807) is 24.3 Å². The molecule has 1 heterocycles. The van der Waals surface area contributed by atoms with Gasteiger partial charge >= 0.3 is 0 Å².